The molecule has 2 N–H and O–H groups in total. The van der Waals surface area contributed by atoms with Crippen molar-refractivity contribution in [3.8, 4) is 0 Å². The van der Waals surface area contributed by atoms with Crippen molar-refractivity contribution >= 4 is 5.97 Å². The normalized spacial score (nSPS) is 20.8. The lowest BCUT2D eigenvalue weighted by Crippen LogP contribution is -2.60. The van der Waals surface area contributed by atoms with Gasteiger partial charge >= 0.3 is 5.97 Å². The molecule has 0 amide bonds. The fourth-order valence-electron chi connectivity index (χ4n) is 1.04. The Morgan fingerprint density at radius 1 is 1.73 bits per heavy atom. The molecule has 0 bridgehead atoms. The average molecular weight is 159 g/mol. The van der Waals surface area contributed by atoms with Gasteiger partial charge in [-0.25, -0.2) is 0 Å². The maximum absolute atomic E-state index is 10.2. The Morgan fingerprint density at radius 3 is 2.64 bits per heavy atom. The third-order valence-electron chi connectivity index (χ3n) is 2.05. The van der Waals surface area contributed by atoms with Crippen molar-refractivity contribution in [3.63, 3.8) is 0 Å². The van der Waals surface area contributed by atoms with Crippen LogP contribution in [0, 0.1) is 0 Å². The van der Waals surface area contributed by atoms with E-state index >= 15 is 0 Å². The average Bonchev–Trinajstić information content (AvgIpc) is 1.86. The first-order valence-electron chi connectivity index (χ1n) is 3.73. The molecule has 1 fully saturated rings. The lowest BCUT2D eigenvalue weighted by atomic mass is 9.94. The highest BCUT2D eigenvalue weighted by atomic mass is 16.5. The van der Waals surface area contributed by atoms with E-state index in [9.17, 15) is 4.79 Å². The summed E-state index contributed by atoms with van der Waals surface area (Å²) in [6.45, 7) is 3.32. The molecular weight excluding hydrogens is 146 g/mol. The summed E-state index contributed by atoms with van der Waals surface area (Å²) in [6, 6.07) is 0. The van der Waals surface area contributed by atoms with Gasteiger partial charge in [-0.05, 0) is 6.42 Å². The summed E-state index contributed by atoms with van der Waals surface area (Å²) >= 11 is 0. The smallest absolute Gasteiger partial charge is 0.317 e. The van der Waals surface area contributed by atoms with Crippen LogP contribution in [-0.4, -0.2) is 36.4 Å². The zero-order valence-electron chi connectivity index (χ0n) is 6.59. The summed E-state index contributed by atoms with van der Waals surface area (Å²) in [5.41, 5.74) is -0.0572. The van der Waals surface area contributed by atoms with Crippen molar-refractivity contribution in [2.24, 2.45) is 0 Å². The van der Waals surface area contributed by atoms with E-state index in [2.05, 4.69) is 5.32 Å². The maximum atomic E-state index is 10.2. The minimum Gasteiger partial charge on any atom is -0.480 e. The van der Waals surface area contributed by atoms with Crippen LogP contribution in [0.4, 0.5) is 0 Å². The monoisotopic (exact) mass is 159 g/mol. The van der Waals surface area contributed by atoms with Crippen molar-refractivity contribution in [1.29, 1.82) is 0 Å². The summed E-state index contributed by atoms with van der Waals surface area (Å²) in [5, 5.41) is 11.3. The van der Waals surface area contributed by atoms with Crippen LogP contribution in [0.25, 0.3) is 0 Å². The number of hydrogen-bond acceptors (Lipinski definition) is 3. The number of rotatable bonds is 4. The molecule has 1 heterocycles. The van der Waals surface area contributed by atoms with Crippen molar-refractivity contribution in [2.75, 3.05) is 19.8 Å². The minimum absolute atomic E-state index is 0.0250. The number of ether oxygens (including phenoxy) is 1. The van der Waals surface area contributed by atoms with E-state index in [1.807, 2.05) is 6.92 Å². The molecule has 64 valence electrons. The first-order chi connectivity index (χ1) is 5.18. The van der Waals surface area contributed by atoms with Crippen LogP contribution in [0.2, 0.25) is 0 Å². The second-order valence-corrected chi connectivity index (χ2v) is 2.87. The summed E-state index contributed by atoms with van der Waals surface area (Å²) in [6.07, 6.45) is 0.917. The van der Waals surface area contributed by atoms with E-state index < -0.39 is 5.97 Å². The van der Waals surface area contributed by atoms with Crippen LogP contribution in [0.5, 0.6) is 0 Å². The van der Waals surface area contributed by atoms with Gasteiger partial charge in [0.1, 0.15) is 0 Å². The summed E-state index contributed by atoms with van der Waals surface area (Å²) in [7, 11) is 0. The zero-order chi connectivity index (χ0) is 8.32. The van der Waals surface area contributed by atoms with E-state index in [4.69, 9.17) is 9.84 Å². The van der Waals surface area contributed by atoms with Gasteiger partial charge < -0.3 is 9.84 Å². The van der Waals surface area contributed by atoms with Gasteiger partial charge in [-0.3, -0.25) is 10.1 Å². The Hall–Kier alpha value is -0.610. The second kappa shape index (κ2) is 3.19. The van der Waals surface area contributed by atoms with Crippen LogP contribution in [0.1, 0.15) is 13.3 Å². The molecule has 1 aliphatic heterocycles. The SMILES string of the molecule is CCC1(NCC(=O)O)COC1. The van der Waals surface area contributed by atoms with Crippen molar-refractivity contribution in [1.82, 2.24) is 5.32 Å². The molecular formula is C7H13NO3. The molecule has 0 saturated carbocycles. The second-order valence-electron chi connectivity index (χ2n) is 2.87. The van der Waals surface area contributed by atoms with Crippen LogP contribution < -0.4 is 5.32 Å². The number of carboxylic acids is 1. The molecule has 0 aliphatic carbocycles. The molecule has 0 aromatic heterocycles. The molecule has 1 saturated heterocycles. The fraction of sp³-hybridized carbons (Fsp3) is 0.857. The number of carboxylic acid groups (broad SMARTS) is 1. The van der Waals surface area contributed by atoms with Gasteiger partial charge in [0, 0.05) is 0 Å². The van der Waals surface area contributed by atoms with Gasteiger partial charge in [0.2, 0.25) is 0 Å². The van der Waals surface area contributed by atoms with Crippen LogP contribution in [0.15, 0.2) is 0 Å². The van der Waals surface area contributed by atoms with Crippen LogP contribution in [-0.2, 0) is 9.53 Å². The highest BCUT2D eigenvalue weighted by Gasteiger charge is 2.36. The molecule has 0 atom stereocenters. The third kappa shape index (κ3) is 1.91. The summed E-state index contributed by atoms with van der Waals surface area (Å²) in [4.78, 5) is 10.2. The van der Waals surface area contributed by atoms with E-state index in [0.29, 0.717) is 13.2 Å². The topological polar surface area (TPSA) is 58.6 Å². The van der Waals surface area contributed by atoms with E-state index in [-0.39, 0.29) is 12.1 Å². The lowest BCUT2D eigenvalue weighted by molar-refractivity contribution is -0.138. The number of aliphatic carboxylic acids is 1. The first-order valence-corrected chi connectivity index (χ1v) is 3.73. The molecule has 0 aromatic rings. The van der Waals surface area contributed by atoms with Gasteiger partial charge in [-0.2, -0.15) is 0 Å². The van der Waals surface area contributed by atoms with Crippen LogP contribution >= 0.6 is 0 Å². The van der Waals surface area contributed by atoms with Gasteiger partial charge in [0.15, 0.2) is 0 Å². The van der Waals surface area contributed by atoms with Crippen LogP contribution in [0.3, 0.4) is 0 Å². The Labute approximate surface area is 65.5 Å². The molecule has 0 spiro atoms. The molecule has 1 rings (SSSR count). The highest BCUT2D eigenvalue weighted by Crippen LogP contribution is 2.19. The fourth-order valence-corrected chi connectivity index (χ4v) is 1.04. The largest absolute Gasteiger partial charge is 0.480 e. The Kier molecular flexibility index (Phi) is 2.46. The van der Waals surface area contributed by atoms with Crippen molar-refractivity contribution in [2.45, 2.75) is 18.9 Å². The summed E-state index contributed by atoms with van der Waals surface area (Å²) in [5.74, 6) is -0.815. The van der Waals surface area contributed by atoms with Crippen molar-refractivity contribution in [3.05, 3.63) is 0 Å². The third-order valence-corrected chi connectivity index (χ3v) is 2.05. The lowest BCUT2D eigenvalue weighted by Gasteiger charge is -2.41. The Balaban J connectivity index is 2.27. The molecule has 0 unspecified atom stereocenters. The standard InChI is InChI=1S/C7H13NO3/c1-2-7(4-11-5-7)8-3-6(9)10/h8H,2-5H2,1H3,(H,9,10). The van der Waals surface area contributed by atoms with Gasteiger partial charge in [0.05, 0.1) is 25.3 Å². The quantitative estimate of drug-likeness (QED) is 0.598. The van der Waals surface area contributed by atoms with Gasteiger partial charge in [-0.15, -0.1) is 0 Å². The van der Waals surface area contributed by atoms with E-state index in [1.54, 1.807) is 0 Å². The predicted molar refractivity (Wildman–Crippen MR) is 39.5 cm³/mol. The molecule has 4 heteroatoms. The van der Waals surface area contributed by atoms with Crippen molar-refractivity contribution < 1.29 is 14.6 Å². The van der Waals surface area contributed by atoms with Gasteiger partial charge in [-0.1, -0.05) is 6.92 Å². The number of hydrogen-bond donors (Lipinski definition) is 2. The molecule has 0 aromatic carbocycles. The predicted octanol–water partition coefficient (Wildman–Crippen LogP) is -0.160. The molecule has 4 nitrogen and oxygen atoms in total. The van der Waals surface area contributed by atoms with Gasteiger partial charge in [0.25, 0.3) is 0 Å². The number of nitrogens with one attached hydrogen (secondary N) is 1. The Morgan fingerprint density at radius 2 is 2.36 bits per heavy atom. The minimum atomic E-state index is -0.815. The molecule has 1 aliphatic rings. The zero-order valence-corrected chi connectivity index (χ0v) is 6.59. The van der Waals surface area contributed by atoms with E-state index in [0.717, 1.165) is 6.42 Å². The number of carbonyl (C=O) groups is 1. The highest BCUT2D eigenvalue weighted by molar-refractivity contribution is 5.69. The first kappa shape index (κ1) is 8.49. The van der Waals surface area contributed by atoms with E-state index in [1.165, 1.54) is 0 Å². The molecule has 11 heavy (non-hydrogen) atoms. The maximum Gasteiger partial charge on any atom is 0.317 e. The molecule has 0 radical (unpaired) electrons. The summed E-state index contributed by atoms with van der Waals surface area (Å²) < 4.78 is 5.01. The Bertz CT molecular complexity index is 148.